The zero-order valence-electron chi connectivity index (χ0n) is 43.6. The lowest BCUT2D eigenvalue weighted by molar-refractivity contribution is -0.167. The summed E-state index contributed by atoms with van der Waals surface area (Å²) in [6, 6.07) is 0. The van der Waals surface area contributed by atoms with Gasteiger partial charge in [0.15, 0.2) is 6.10 Å². The first kappa shape index (κ1) is 63.3. The topological polar surface area (TPSA) is 78.9 Å². The van der Waals surface area contributed by atoms with Crippen LogP contribution in [0, 0.1) is 0 Å². The van der Waals surface area contributed by atoms with Crippen molar-refractivity contribution in [3.8, 4) is 0 Å². The van der Waals surface area contributed by atoms with Crippen molar-refractivity contribution in [1.82, 2.24) is 0 Å². The van der Waals surface area contributed by atoms with Crippen molar-refractivity contribution in [2.45, 2.75) is 258 Å². The van der Waals surface area contributed by atoms with Crippen LogP contribution in [0.1, 0.15) is 252 Å². The third kappa shape index (κ3) is 53.2. The Balaban J connectivity index is 4.49. The van der Waals surface area contributed by atoms with Gasteiger partial charge in [0, 0.05) is 19.3 Å². The Morgan fingerprint density at radius 1 is 0.313 bits per heavy atom. The summed E-state index contributed by atoms with van der Waals surface area (Å²) in [5.41, 5.74) is 0. The van der Waals surface area contributed by atoms with Gasteiger partial charge in [0.2, 0.25) is 0 Å². The molecule has 382 valence electrons. The first-order valence-corrected chi connectivity index (χ1v) is 27.7. The van der Waals surface area contributed by atoms with Gasteiger partial charge in [-0.15, -0.1) is 0 Å². The summed E-state index contributed by atoms with van der Waals surface area (Å²) < 4.78 is 16.8. The summed E-state index contributed by atoms with van der Waals surface area (Å²) in [5.74, 6) is -0.950. The van der Waals surface area contributed by atoms with E-state index in [4.69, 9.17) is 14.2 Å². The quantitative estimate of drug-likeness (QED) is 0.0262. The van der Waals surface area contributed by atoms with E-state index >= 15 is 0 Å². The lowest BCUT2D eigenvalue weighted by atomic mass is 10.0. The number of ether oxygens (including phenoxy) is 3. The molecule has 0 aliphatic carbocycles. The molecule has 0 bridgehead atoms. The molecule has 0 saturated heterocycles. The molecule has 0 amide bonds. The predicted octanol–water partition coefficient (Wildman–Crippen LogP) is 18.5. The summed E-state index contributed by atoms with van der Waals surface area (Å²) in [6.07, 6.45) is 72.4. The zero-order valence-corrected chi connectivity index (χ0v) is 43.6. The second kappa shape index (κ2) is 54.9. The summed E-state index contributed by atoms with van der Waals surface area (Å²) in [5, 5.41) is 0. The first-order valence-electron chi connectivity index (χ1n) is 27.7. The molecule has 1 atom stereocenters. The molecule has 6 heteroatoms. The Morgan fingerprint density at radius 2 is 0.582 bits per heavy atom. The van der Waals surface area contributed by atoms with Gasteiger partial charge in [0.25, 0.3) is 0 Å². The van der Waals surface area contributed by atoms with E-state index in [9.17, 15) is 14.4 Å². The van der Waals surface area contributed by atoms with E-state index in [1.807, 2.05) is 0 Å². The molecule has 0 radical (unpaired) electrons. The van der Waals surface area contributed by atoms with Crippen molar-refractivity contribution in [3.05, 3.63) is 97.2 Å². The summed E-state index contributed by atoms with van der Waals surface area (Å²) in [6.45, 7) is 6.45. The molecule has 0 unspecified atom stereocenters. The van der Waals surface area contributed by atoms with E-state index in [0.29, 0.717) is 19.3 Å². The molecule has 0 rings (SSSR count). The van der Waals surface area contributed by atoms with Gasteiger partial charge < -0.3 is 14.2 Å². The molecule has 0 spiro atoms. The Morgan fingerprint density at radius 3 is 0.955 bits per heavy atom. The van der Waals surface area contributed by atoms with Crippen molar-refractivity contribution in [1.29, 1.82) is 0 Å². The minimum absolute atomic E-state index is 0.0964. The van der Waals surface area contributed by atoms with Crippen LogP contribution in [0.4, 0.5) is 0 Å². The van der Waals surface area contributed by atoms with E-state index in [2.05, 4.69) is 118 Å². The Hall–Kier alpha value is -3.67. The fraction of sp³-hybridized carbons (Fsp3) is 0.689. The van der Waals surface area contributed by atoms with Gasteiger partial charge in [-0.2, -0.15) is 0 Å². The number of esters is 3. The highest BCUT2D eigenvalue weighted by Gasteiger charge is 2.19. The lowest BCUT2D eigenvalue weighted by Gasteiger charge is -2.18. The zero-order chi connectivity index (χ0) is 48.6. The maximum Gasteiger partial charge on any atom is 0.306 e. The predicted molar refractivity (Wildman–Crippen MR) is 288 cm³/mol. The second-order valence-corrected chi connectivity index (χ2v) is 18.1. The molecule has 67 heavy (non-hydrogen) atoms. The number of rotatable bonds is 49. The SMILES string of the molecule is CC/C=C/C/C=C/C/C=C/C/C=C/C/C=C/CCCCCC(=O)OC[C@@H](COC(=O)CCCCCCCCCCCCCCC)OC(=O)CCCCCC/C=C/C/C=C/C/C=C/CCCCC. The minimum Gasteiger partial charge on any atom is -0.462 e. The van der Waals surface area contributed by atoms with Crippen molar-refractivity contribution >= 4 is 17.9 Å². The monoisotopic (exact) mass is 931 g/mol. The van der Waals surface area contributed by atoms with Crippen LogP contribution in [0.25, 0.3) is 0 Å². The minimum atomic E-state index is -0.802. The highest BCUT2D eigenvalue weighted by atomic mass is 16.6. The fourth-order valence-corrected chi connectivity index (χ4v) is 7.42. The van der Waals surface area contributed by atoms with Gasteiger partial charge >= 0.3 is 17.9 Å². The lowest BCUT2D eigenvalue weighted by Crippen LogP contribution is -2.30. The first-order chi connectivity index (χ1) is 33.0. The number of unbranched alkanes of at least 4 members (excludes halogenated alkanes) is 22. The molecule has 0 aliphatic rings. The van der Waals surface area contributed by atoms with Gasteiger partial charge in [0.1, 0.15) is 13.2 Å². The molecule has 0 aromatic carbocycles. The van der Waals surface area contributed by atoms with Crippen LogP contribution in [0.2, 0.25) is 0 Å². The van der Waals surface area contributed by atoms with E-state index in [1.165, 1.54) is 89.9 Å². The molecule has 0 aliphatic heterocycles. The second-order valence-electron chi connectivity index (χ2n) is 18.1. The van der Waals surface area contributed by atoms with E-state index in [0.717, 1.165) is 122 Å². The Kier molecular flexibility index (Phi) is 51.9. The van der Waals surface area contributed by atoms with Crippen LogP contribution in [-0.2, 0) is 28.6 Å². The Bertz CT molecular complexity index is 1350. The number of hydrogen-bond acceptors (Lipinski definition) is 6. The van der Waals surface area contributed by atoms with Gasteiger partial charge in [-0.3, -0.25) is 14.4 Å². The normalized spacial score (nSPS) is 12.8. The summed E-state index contributed by atoms with van der Waals surface area (Å²) in [4.78, 5) is 38.1. The van der Waals surface area contributed by atoms with Gasteiger partial charge in [-0.25, -0.2) is 0 Å². The molecule has 0 heterocycles. The van der Waals surface area contributed by atoms with Crippen LogP contribution in [0.3, 0.4) is 0 Å². The third-order valence-corrected chi connectivity index (χ3v) is 11.6. The molecule has 0 saturated carbocycles. The molecular weight excluding hydrogens is 829 g/mol. The molecule has 0 fully saturated rings. The van der Waals surface area contributed by atoms with Crippen LogP contribution in [-0.4, -0.2) is 37.2 Å². The smallest absolute Gasteiger partial charge is 0.306 e. The van der Waals surface area contributed by atoms with E-state index in [1.54, 1.807) is 0 Å². The van der Waals surface area contributed by atoms with Gasteiger partial charge in [0.05, 0.1) is 0 Å². The van der Waals surface area contributed by atoms with Crippen molar-refractivity contribution in [3.63, 3.8) is 0 Å². The molecule has 6 nitrogen and oxygen atoms in total. The van der Waals surface area contributed by atoms with E-state index < -0.39 is 6.10 Å². The molecule has 0 aromatic heterocycles. The highest BCUT2D eigenvalue weighted by Crippen LogP contribution is 2.14. The average molecular weight is 931 g/mol. The van der Waals surface area contributed by atoms with Gasteiger partial charge in [-0.1, -0.05) is 227 Å². The molecule has 0 aromatic rings. The van der Waals surface area contributed by atoms with E-state index in [-0.39, 0.29) is 31.1 Å². The van der Waals surface area contributed by atoms with Crippen LogP contribution >= 0.6 is 0 Å². The van der Waals surface area contributed by atoms with Crippen LogP contribution in [0.5, 0.6) is 0 Å². The standard InChI is InChI=1S/C61H102O6/c1-4-7-10-13-16-19-22-25-27-29-30-32-33-36-39-42-45-48-51-54-60(63)66-57-58(56-65-59(62)53-50-47-44-41-38-35-24-21-18-15-12-9-6-3)67-61(64)55-52-49-46-43-40-37-34-31-28-26-23-20-17-14-11-8-5-2/h7,10,16-17,19-20,25-28,30,32,34,36-37,39,58H,4-6,8-9,11-15,18,21-24,29,31,33,35,38,40-57H2,1-3H3/b10-7+,19-16+,20-17+,27-25+,28-26+,32-30+,37-34+,39-36+/t58-/m1/s1. The van der Waals surface area contributed by atoms with Crippen LogP contribution < -0.4 is 0 Å². The fourth-order valence-electron chi connectivity index (χ4n) is 7.42. The Labute approximate surface area is 413 Å². The summed E-state index contributed by atoms with van der Waals surface area (Å²) in [7, 11) is 0. The maximum atomic E-state index is 12.8. The van der Waals surface area contributed by atoms with Crippen LogP contribution in [0.15, 0.2) is 97.2 Å². The maximum absolute atomic E-state index is 12.8. The number of carbonyl (C=O) groups excluding carboxylic acids is 3. The number of allylic oxidation sites excluding steroid dienone is 16. The number of hydrogen-bond donors (Lipinski definition) is 0. The van der Waals surface area contributed by atoms with Crippen molar-refractivity contribution in [2.24, 2.45) is 0 Å². The number of carbonyl (C=O) groups is 3. The average Bonchev–Trinajstić information content (AvgIpc) is 3.33. The van der Waals surface area contributed by atoms with Crippen molar-refractivity contribution < 1.29 is 28.6 Å². The largest absolute Gasteiger partial charge is 0.462 e. The van der Waals surface area contributed by atoms with Gasteiger partial charge in [-0.05, 0) is 103 Å². The van der Waals surface area contributed by atoms with Crippen molar-refractivity contribution in [2.75, 3.05) is 13.2 Å². The molecule has 0 N–H and O–H groups in total. The third-order valence-electron chi connectivity index (χ3n) is 11.6. The molecular formula is C61H102O6. The highest BCUT2D eigenvalue weighted by molar-refractivity contribution is 5.71. The summed E-state index contributed by atoms with van der Waals surface area (Å²) >= 11 is 0.